The molecular weight excluding hydrogens is 447 g/mol. The van der Waals surface area contributed by atoms with E-state index < -0.39 is 0 Å². The molecule has 3 heterocycles. The second-order valence-corrected chi connectivity index (χ2v) is 9.26. The number of benzene rings is 1. The summed E-state index contributed by atoms with van der Waals surface area (Å²) in [6, 6.07) is 7.68. The fraction of sp³-hybridized carbons (Fsp3) is 0.500. The number of hydrogen-bond donors (Lipinski definition) is 0. The predicted octanol–water partition coefficient (Wildman–Crippen LogP) is 3.05. The van der Waals surface area contributed by atoms with Gasteiger partial charge in [0, 0.05) is 37.7 Å². The van der Waals surface area contributed by atoms with Crippen molar-refractivity contribution in [1.82, 2.24) is 9.80 Å². The average Bonchev–Trinajstić information content (AvgIpc) is 3.49. The molecule has 0 radical (unpaired) electrons. The number of hydrogen-bond acceptors (Lipinski definition) is 6. The second kappa shape index (κ2) is 11.1. The topological polar surface area (TPSA) is 68.3 Å². The average molecular weight is 477 g/mol. The summed E-state index contributed by atoms with van der Waals surface area (Å²) in [5.41, 5.74) is 1.05. The van der Waals surface area contributed by atoms with E-state index in [1.165, 1.54) is 29.0 Å². The highest BCUT2D eigenvalue weighted by Crippen LogP contribution is 2.34. The van der Waals surface area contributed by atoms with Crippen LogP contribution in [0.25, 0.3) is 0 Å². The van der Waals surface area contributed by atoms with Crippen LogP contribution in [0.5, 0.6) is 5.75 Å². The number of fused-ring (bicyclic) bond motifs is 1. The number of carbonyl (C=O) groups excluding carboxylic acids is 2. The maximum atomic E-state index is 13.6. The smallest absolute Gasteiger partial charge is 0.249 e. The molecule has 2 aliphatic heterocycles. The Morgan fingerprint density at radius 2 is 2.21 bits per heavy atom. The zero-order valence-corrected chi connectivity index (χ0v) is 19.5. The van der Waals surface area contributed by atoms with Gasteiger partial charge in [0.15, 0.2) is 0 Å². The first-order valence-electron chi connectivity index (χ1n) is 11.2. The van der Waals surface area contributed by atoms with Gasteiger partial charge in [0.1, 0.15) is 24.8 Å². The Morgan fingerprint density at radius 1 is 1.33 bits per heavy atom. The normalized spacial score (nSPS) is 19.9. The number of halogens is 1. The number of thiophene rings is 1. The molecule has 1 saturated heterocycles. The van der Waals surface area contributed by atoms with Crippen LogP contribution in [0.15, 0.2) is 35.7 Å². The van der Waals surface area contributed by atoms with Gasteiger partial charge in [-0.3, -0.25) is 9.59 Å². The molecule has 0 unspecified atom stereocenters. The minimum absolute atomic E-state index is 0.0437. The van der Waals surface area contributed by atoms with Gasteiger partial charge in [0.2, 0.25) is 11.8 Å². The number of amides is 2. The maximum absolute atomic E-state index is 13.6. The quantitative estimate of drug-likeness (QED) is 0.557. The molecule has 33 heavy (non-hydrogen) atoms. The lowest BCUT2D eigenvalue weighted by atomic mass is 10.0. The molecule has 0 N–H and O–H groups in total. The van der Waals surface area contributed by atoms with Crippen LogP contribution in [-0.2, 0) is 25.5 Å². The molecule has 0 aliphatic carbocycles. The van der Waals surface area contributed by atoms with E-state index in [0.29, 0.717) is 25.4 Å². The lowest BCUT2D eigenvalue weighted by Gasteiger charge is -2.37. The van der Waals surface area contributed by atoms with Crippen LogP contribution in [-0.4, -0.2) is 74.3 Å². The Hall–Kier alpha value is -2.49. The summed E-state index contributed by atoms with van der Waals surface area (Å²) >= 11 is 1.66. The van der Waals surface area contributed by atoms with Gasteiger partial charge < -0.3 is 24.0 Å². The Morgan fingerprint density at radius 3 is 2.97 bits per heavy atom. The largest absolute Gasteiger partial charge is 0.491 e. The van der Waals surface area contributed by atoms with Gasteiger partial charge in [-0.1, -0.05) is 6.07 Å². The summed E-state index contributed by atoms with van der Waals surface area (Å²) in [5, 5.41) is 2.01. The van der Waals surface area contributed by atoms with Crippen molar-refractivity contribution in [2.75, 3.05) is 46.6 Å². The van der Waals surface area contributed by atoms with Crippen LogP contribution in [0.4, 0.5) is 4.39 Å². The standard InChI is InChI=1S/C24H29FN2O5S/c1-30-16-24(29)26(13-19-6-3-10-31-19)14-23(28)27-9-7-22-20(8-11-33-22)21(27)15-32-18-5-2-4-17(25)12-18/h2,4-5,8,11-12,19,21H,3,6-7,9-10,13-16H2,1H3/t19-,21-/m1/s1. The molecule has 1 aromatic carbocycles. The maximum Gasteiger partial charge on any atom is 0.249 e. The van der Waals surface area contributed by atoms with Crippen LogP contribution in [0.3, 0.4) is 0 Å². The molecule has 2 amide bonds. The fourth-order valence-electron chi connectivity index (χ4n) is 4.36. The third-order valence-corrected chi connectivity index (χ3v) is 7.01. The Labute approximate surface area is 197 Å². The van der Waals surface area contributed by atoms with E-state index in [-0.39, 0.29) is 49.5 Å². The molecule has 1 fully saturated rings. The summed E-state index contributed by atoms with van der Waals surface area (Å²) in [6.07, 6.45) is 2.53. The SMILES string of the molecule is COCC(=O)N(CC(=O)N1CCc2sccc2[C@H]1COc1cccc(F)c1)C[C@H]1CCCO1. The van der Waals surface area contributed by atoms with Gasteiger partial charge in [-0.15, -0.1) is 11.3 Å². The van der Waals surface area contributed by atoms with Crippen LogP contribution >= 0.6 is 11.3 Å². The van der Waals surface area contributed by atoms with Gasteiger partial charge in [0.25, 0.3) is 0 Å². The molecule has 9 heteroatoms. The second-order valence-electron chi connectivity index (χ2n) is 8.26. The molecule has 178 valence electrons. The minimum Gasteiger partial charge on any atom is -0.491 e. The van der Waals surface area contributed by atoms with Crippen molar-refractivity contribution < 1.29 is 28.2 Å². The highest BCUT2D eigenvalue weighted by atomic mass is 32.1. The summed E-state index contributed by atoms with van der Waals surface area (Å²) < 4.78 is 30.2. The summed E-state index contributed by atoms with van der Waals surface area (Å²) in [4.78, 5) is 30.6. The molecule has 2 aliphatic rings. The van der Waals surface area contributed by atoms with E-state index in [9.17, 15) is 14.0 Å². The van der Waals surface area contributed by atoms with Gasteiger partial charge >= 0.3 is 0 Å². The van der Waals surface area contributed by atoms with E-state index >= 15 is 0 Å². The highest BCUT2D eigenvalue weighted by Gasteiger charge is 2.34. The van der Waals surface area contributed by atoms with Crippen LogP contribution < -0.4 is 4.74 Å². The van der Waals surface area contributed by atoms with E-state index in [0.717, 1.165) is 24.8 Å². The Bertz CT molecular complexity index is 962. The van der Waals surface area contributed by atoms with Crippen molar-refractivity contribution in [2.24, 2.45) is 0 Å². The predicted molar refractivity (Wildman–Crippen MR) is 122 cm³/mol. The van der Waals surface area contributed by atoms with Gasteiger partial charge in [0.05, 0.1) is 18.7 Å². The number of carbonyl (C=O) groups is 2. The van der Waals surface area contributed by atoms with E-state index in [2.05, 4.69) is 0 Å². The molecule has 2 aromatic rings. The number of methoxy groups -OCH3 is 1. The van der Waals surface area contributed by atoms with E-state index in [4.69, 9.17) is 14.2 Å². The molecule has 1 aromatic heterocycles. The van der Waals surface area contributed by atoms with Gasteiger partial charge in [-0.25, -0.2) is 4.39 Å². The van der Waals surface area contributed by atoms with E-state index in [1.54, 1.807) is 28.4 Å². The van der Waals surface area contributed by atoms with Gasteiger partial charge in [-0.2, -0.15) is 0 Å². The lowest BCUT2D eigenvalue weighted by molar-refractivity contribution is -0.145. The van der Waals surface area contributed by atoms with Crippen molar-refractivity contribution in [1.29, 1.82) is 0 Å². The van der Waals surface area contributed by atoms with Crippen LogP contribution in [0, 0.1) is 5.82 Å². The summed E-state index contributed by atoms with van der Waals surface area (Å²) in [7, 11) is 1.46. The number of rotatable bonds is 9. The first-order chi connectivity index (χ1) is 16.0. The van der Waals surface area contributed by atoms with Crippen molar-refractivity contribution in [2.45, 2.75) is 31.4 Å². The van der Waals surface area contributed by atoms with Crippen LogP contribution in [0.2, 0.25) is 0 Å². The molecule has 7 nitrogen and oxygen atoms in total. The Balaban J connectivity index is 1.48. The first kappa shape index (κ1) is 23.7. The molecule has 0 spiro atoms. The number of ether oxygens (including phenoxy) is 3. The highest BCUT2D eigenvalue weighted by molar-refractivity contribution is 7.10. The third kappa shape index (κ3) is 5.90. The van der Waals surface area contributed by atoms with Crippen molar-refractivity contribution >= 4 is 23.2 Å². The minimum atomic E-state index is -0.373. The zero-order chi connectivity index (χ0) is 23.2. The first-order valence-corrected chi connectivity index (χ1v) is 12.1. The van der Waals surface area contributed by atoms with Crippen molar-refractivity contribution in [3.05, 3.63) is 52.0 Å². The monoisotopic (exact) mass is 476 g/mol. The molecular formula is C24H29FN2O5S. The summed E-state index contributed by atoms with van der Waals surface area (Å²) in [6.45, 7) is 1.67. The molecule has 0 saturated carbocycles. The van der Waals surface area contributed by atoms with Crippen molar-refractivity contribution in [3.8, 4) is 5.75 Å². The van der Waals surface area contributed by atoms with E-state index in [1.807, 2.05) is 11.4 Å². The third-order valence-electron chi connectivity index (χ3n) is 6.01. The fourth-order valence-corrected chi connectivity index (χ4v) is 5.29. The summed E-state index contributed by atoms with van der Waals surface area (Å²) in [5.74, 6) is -0.342. The number of nitrogens with zero attached hydrogens (tertiary/aromatic N) is 2. The molecule has 4 rings (SSSR count). The lowest BCUT2D eigenvalue weighted by Crippen LogP contribution is -2.49. The van der Waals surface area contributed by atoms with Gasteiger partial charge in [-0.05, 0) is 48.4 Å². The zero-order valence-electron chi connectivity index (χ0n) is 18.7. The van der Waals surface area contributed by atoms with Crippen LogP contribution in [0.1, 0.15) is 29.3 Å². The molecule has 0 bridgehead atoms. The molecule has 2 atom stereocenters. The van der Waals surface area contributed by atoms with Crippen molar-refractivity contribution in [3.63, 3.8) is 0 Å². The Kier molecular flexibility index (Phi) is 7.95.